The van der Waals surface area contributed by atoms with Gasteiger partial charge >= 0.3 is 0 Å². The van der Waals surface area contributed by atoms with Crippen LogP contribution in [0.4, 0.5) is 5.82 Å². The van der Waals surface area contributed by atoms with E-state index in [-0.39, 0.29) is 5.78 Å². The van der Waals surface area contributed by atoms with Gasteiger partial charge < -0.3 is 9.32 Å². The molecule has 0 aromatic carbocycles. The first-order valence-corrected chi connectivity index (χ1v) is 7.61. The summed E-state index contributed by atoms with van der Waals surface area (Å²) >= 11 is 0. The molecule has 0 N–H and O–H groups in total. The minimum atomic E-state index is -0.0615. The zero-order valence-electron chi connectivity index (χ0n) is 12.2. The molecule has 2 aromatic heterocycles. The number of aromatic nitrogens is 1. The van der Waals surface area contributed by atoms with E-state index >= 15 is 0 Å². The molecule has 2 fully saturated rings. The highest BCUT2D eigenvalue weighted by Crippen LogP contribution is 2.27. The molecule has 21 heavy (non-hydrogen) atoms. The zero-order valence-corrected chi connectivity index (χ0v) is 12.2. The van der Waals surface area contributed by atoms with Crippen LogP contribution in [0.5, 0.6) is 0 Å². The summed E-state index contributed by atoms with van der Waals surface area (Å²) in [5.41, 5.74) is 1.45. The fourth-order valence-electron chi connectivity index (χ4n) is 3.22. The number of furan rings is 1. The van der Waals surface area contributed by atoms with E-state index in [1.807, 2.05) is 12.1 Å². The van der Waals surface area contributed by atoms with Crippen molar-refractivity contribution in [1.29, 1.82) is 0 Å². The Labute approximate surface area is 123 Å². The molecular weight excluding hydrogens is 266 g/mol. The number of carbonyl (C=O) groups excluding carboxylic acids is 1. The van der Waals surface area contributed by atoms with Gasteiger partial charge in [-0.1, -0.05) is 0 Å². The third kappa shape index (κ3) is 2.21. The summed E-state index contributed by atoms with van der Waals surface area (Å²) in [6.45, 7) is 6.10. The van der Waals surface area contributed by atoms with Gasteiger partial charge in [0.05, 0.1) is 0 Å². The molecule has 1 unspecified atom stereocenters. The monoisotopic (exact) mass is 285 g/mol. The Morgan fingerprint density at radius 1 is 1.33 bits per heavy atom. The Kier molecular flexibility index (Phi) is 2.96. The van der Waals surface area contributed by atoms with Gasteiger partial charge in [-0.15, -0.1) is 0 Å². The first-order valence-electron chi connectivity index (χ1n) is 7.61. The fraction of sp³-hybridized carbons (Fsp3) is 0.500. The molecule has 0 amide bonds. The van der Waals surface area contributed by atoms with Gasteiger partial charge in [0.15, 0.2) is 17.1 Å². The van der Waals surface area contributed by atoms with Crippen LogP contribution in [-0.4, -0.2) is 47.9 Å². The SMILES string of the molecule is CC(=O)c1cc2nc(N3CCC(N4CCC4)C3)ccc2o1. The van der Waals surface area contributed by atoms with Crippen LogP contribution >= 0.6 is 0 Å². The first kappa shape index (κ1) is 12.8. The number of carbonyl (C=O) groups is 1. The molecule has 110 valence electrons. The topological polar surface area (TPSA) is 49.6 Å². The Morgan fingerprint density at radius 2 is 2.19 bits per heavy atom. The maximum absolute atomic E-state index is 11.4. The summed E-state index contributed by atoms with van der Waals surface area (Å²) in [7, 11) is 0. The highest BCUT2D eigenvalue weighted by atomic mass is 16.3. The predicted molar refractivity (Wildman–Crippen MR) is 80.8 cm³/mol. The van der Waals surface area contributed by atoms with Gasteiger partial charge in [0, 0.05) is 32.1 Å². The normalized spacial score (nSPS) is 22.7. The highest BCUT2D eigenvalue weighted by Gasteiger charge is 2.31. The van der Waals surface area contributed by atoms with Crippen molar-refractivity contribution in [2.45, 2.75) is 25.8 Å². The Hall–Kier alpha value is -1.88. The lowest BCUT2D eigenvalue weighted by Gasteiger charge is -2.36. The van der Waals surface area contributed by atoms with Gasteiger partial charge in [0.1, 0.15) is 11.3 Å². The Bertz CT molecular complexity index is 690. The molecule has 0 saturated carbocycles. The molecule has 2 saturated heterocycles. The van der Waals surface area contributed by atoms with Gasteiger partial charge in [-0.2, -0.15) is 0 Å². The van der Waals surface area contributed by atoms with Crippen LogP contribution in [0.3, 0.4) is 0 Å². The second kappa shape index (κ2) is 4.84. The van der Waals surface area contributed by atoms with Crippen LogP contribution in [0.25, 0.3) is 11.1 Å². The minimum Gasteiger partial charge on any atom is -0.451 e. The quantitative estimate of drug-likeness (QED) is 0.810. The Balaban J connectivity index is 1.57. The standard InChI is InChI=1S/C16H19N3O2/c1-11(20)15-9-13-14(21-15)3-4-16(17-13)19-8-5-12(10-19)18-6-2-7-18/h3-4,9,12H,2,5-8,10H2,1H3. The molecule has 0 radical (unpaired) electrons. The average molecular weight is 285 g/mol. The van der Waals surface area contributed by atoms with E-state index in [1.165, 1.54) is 32.9 Å². The van der Waals surface area contributed by atoms with Crippen molar-refractivity contribution in [3.8, 4) is 0 Å². The first-order chi connectivity index (χ1) is 10.2. The number of likely N-dealkylation sites (tertiary alicyclic amines) is 1. The molecule has 0 aliphatic carbocycles. The molecule has 4 rings (SSSR count). The van der Waals surface area contributed by atoms with Gasteiger partial charge in [-0.05, 0) is 38.1 Å². The van der Waals surface area contributed by atoms with Crippen molar-refractivity contribution >= 4 is 22.7 Å². The number of ketones is 1. The molecule has 5 nitrogen and oxygen atoms in total. The number of hydrogen-bond acceptors (Lipinski definition) is 5. The smallest absolute Gasteiger partial charge is 0.195 e. The van der Waals surface area contributed by atoms with Crippen LogP contribution in [0.1, 0.15) is 30.3 Å². The van der Waals surface area contributed by atoms with Crippen LogP contribution in [0.2, 0.25) is 0 Å². The number of fused-ring (bicyclic) bond motifs is 1. The van der Waals surface area contributed by atoms with Crippen molar-refractivity contribution in [1.82, 2.24) is 9.88 Å². The second-order valence-electron chi connectivity index (χ2n) is 6.00. The zero-order chi connectivity index (χ0) is 14.4. The number of nitrogens with zero attached hydrogens (tertiary/aromatic N) is 3. The van der Waals surface area contributed by atoms with Crippen molar-refractivity contribution in [3.05, 3.63) is 24.0 Å². The lowest BCUT2D eigenvalue weighted by Crippen LogP contribution is -2.46. The van der Waals surface area contributed by atoms with E-state index < -0.39 is 0 Å². The van der Waals surface area contributed by atoms with Crippen molar-refractivity contribution in [2.75, 3.05) is 31.1 Å². The molecule has 1 atom stereocenters. The second-order valence-corrected chi connectivity index (χ2v) is 6.00. The minimum absolute atomic E-state index is 0.0615. The van der Waals surface area contributed by atoms with Gasteiger partial charge in [0.2, 0.25) is 0 Å². The van der Waals surface area contributed by atoms with E-state index in [1.54, 1.807) is 6.07 Å². The molecular formula is C16H19N3O2. The summed E-state index contributed by atoms with van der Waals surface area (Å²) in [5, 5.41) is 0. The summed E-state index contributed by atoms with van der Waals surface area (Å²) in [6.07, 6.45) is 2.55. The summed E-state index contributed by atoms with van der Waals surface area (Å²) in [5.74, 6) is 1.31. The molecule has 5 heteroatoms. The van der Waals surface area contributed by atoms with Crippen molar-refractivity contribution in [3.63, 3.8) is 0 Å². The fourth-order valence-corrected chi connectivity index (χ4v) is 3.22. The van der Waals surface area contributed by atoms with Crippen LogP contribution in [0.15, 0.2) is 22.6 Å². The Morgan fingerprint density at radius 3 is 2.90 bits per heavy atom. The third-order valence-corrected chi connectivity index (χ3v) is 4.60. The lowest BCUT2D eigenvalue weighted by atomic mass is 10.1. The van der Waals surface area contributed by atoms with E-state index in [2.05, 4.69) is 14.8 Å². The van der Waals surface area contributed by atoms with E-state index in [0.717, 1.165) is 24.4 Å². The summed E-state index contributed by atoms with van der Waals surface area (Å²) < 4.78 is 5.49. The third-order valence-electron chi connectivity index (χ3n) is 4.60. The number of Topliss-reactive ketones (excluding diaryl/α,β-unsaturated/α-hetero) is 1. The predicted octanol–water partition coefficient (Wildman–Crippen LogP) is 2.31. The molecule has 2 aliphatic rings. The van der Waals surface area contributed by atoms with Crippen molar-refractivity contribution < 1.29 is 9.21 Å². The van der Waals surface area contributed by atoms with Gasteiger partial charge in [-0.25, -0.2) is 4.98 Å². The average Bonchev–Trinajstić information content (AvgIpc) is 3.01. The largest absolute Gasteiger partial charge is 0.451 e. The maximum atomic E-state index is 11.4. The van der Waals surface area contributed by atoms with Crippen molar-refractivity contribution in [2.24, 2.45) is 0 Å². The number of pyridine rings is 1. The highest BCUT2D eigenvalue weighted by molar-refractivity contribution is 5.95. The van der Waals surface area contributed by atoms with E-state index in [9.17, 15) is 4.79 Å². The molecule has 0 bridgehead atoms. The van der Waals surface area contributed by atoms with E-state index in [4.69, 9.17) is 4.42 Å². The summed E-state index contributed by atoms with van der Waals surface area (Å²) in [6, 6.07) is 6.33. The number of anilines is 1. The van der Waals surface area contributed by atoms with Crippen LogP contribution < -0.4 is 4.90 Å². The number of rotatable bonds is 3. The molecule has 2 aromatic rings. The molecule has 4 heterocycles. The van der Waals surface area contributed by atoms with Crippen LogP contribution in [-0.2, 0) is 0 Å². The maximum Gasteiger partial charge on any atom is 0.195 e. The van der Waals surface area contributed by atoms with Crippen LogP contribution in [0, 0.1) is 0 Å². The molecule has 0 spiro atoms. The lowest BCUT2D eigenvalue weighted by molar-refractivity contribution is 0.0989. The number of hydrogen-bond donors (Lipinski definition) is 0. The van der Waals surface area contributed by atoms with E-state index in [0.29, 0.717) is 17.4 Å². The van der Waals surface area contributed by atoms with Gasteiger partial charge in [-0.3, -0.25) is 9.69 Å². The van der Waals surface area contributed by atoms with Gasteiger partial charge in [0.25, 0.3) is 0 Å². The summed E-state index contributed by atoms with van der Waals surface area (Å²) in [4.78, 5) is 20.9. The molecule has 2 aliphatic heterocycles.